The maximum atomic E-state index is 12.0. The fraction of sp³-hybridized carbons (Fsp3) is 0.353. The summed E-state index contributed by atoms with van der Waals surface area (Å²) >= 11 is 7.91. The van der Waals surface area contributed by atoms with Crippen molar-refractivity contribution in [2.75, 3.05) is 37.6 Å². The van der Waals surface area contributed by atoms with Crippen LogP contribution in [0.3, 0.4) is 0 Å². The third kappa shape index (κ3) is 4.47. The molecule has 6 heteroatoms. The number of rotatable bonds is 5. The van der Waals surface area contributed by atoms with E-state index in [4.69, 9.17) is 11.6 Å². The van der Waals surface area contributed by atoms with Crippen LogP contribution in [0.4, 0.5) is 5.69 Å². The Labute approximate surface area is 145 Å². The largest absolute Gasteiger partial charge is 0.368 e. The summed E-state index contributed by atoms with van der Waals surface area (Å²) in [5, 5.41) is 5.79. The lowest BCUT2D eigenvalue weighted by Gasteiger charge is -2.36. The summed E-state index contributed by atoms with van der Waals surface area (Å²) in [6.07, 6.45) is 0. The van der Waals surface area contributed by atoms with Gasteiger partial charge in [-0.2, -0.15) is 0 Å². The van der Waals surface area contributed by atoms with E-state index in [1.54, 1.807) is 11.3 Å². The van der Waals surface area contributed by atoms with Gasteiger partial charge in [-0.1, -0.05) is 29.8 Å². The molecule has 0 atom stereocenters. The van der Waals surface area contributed by atoms with E-state index in [1.807, 2.05) is 41.8 Å². The van der Waals surface area contributed by atoms with Gasteiger partial charge in [-0.25, -0.2) is 0 Å². The van der Waals surface area contributed by atoms with Crippen molar-refractivity contribution in [3.05, 3.63) is 51.7 Å². The van der Waals surface area contributed by atoms with Crippen molar-refractivity contribution in [2.24, 2.45) is 0 Å². The Morgan fingerprint density at radius 2 is 1.91 bits per heavy atom. The van der Waals surface area contributed by atoms with E-state index in [0.717, 1.165) is 36.9 Å². The predicted molar refractivity (Wildman–Crippen MR) is 96.3 cm³/mol. The van der Waals surface area contributed by atoms with E-state index in [0.29, 0.717) is 13.1 Å². The van der Waals surface area contributed by atoms with Crippen LogP contribution in [0, 0.1) is 0 Å². The van der Waals surface area contributed by atoms with Crippen LogP contribution >= 0.6 is 22.9 Å². The van der Waals surface area contributed by atoms with Crippen LogP contribution in [0.2, 0.25) is 5.02 Å². The predicted octanol–water partition coefficient (Wildman–Crippen LogP) is 2.84. The fourth-order valence-electron chi connectivity index (χ4n) is 2.71. The maximum absolute atomic E-state index is 12.0. The van der Waals surface area contributed by atoms with Crippen molar-refractivity contribution >= 4 is 34.5 Å². The number of thiophene rings is 1. The van der Waals surface area contributed by atoms with Crippen LogP contribution in [0.5, 0.6) is 0 Å². The Balaban J connectivity index is 1.44. The quantitative estimate of drug-likeness (QED) is 0.901. The van der Waals surface area contributed by atoms with Crippen molar-refractivity contribution in [3.63, 3.8) is 0 Å². The Bertz CT molecular complexity index is 639. The van der Waals surface area contributed by atoms with Crippen LogP contribution < -0.4 is 10.2 Å². The number of para-hydroxylation sites is 1. The van der Waals surface area contributed by atoms with Gasteiger partial charge < -0.3 is 10.2 Å². The summed E-state index contributed by atoms with van der Waals surface area (Å²) in [5.41, 5.74) is 1.08. The summed E-state index contributed by atoms with van der Waals surface area (Å²) in [7, 11) is 0. The van der Waals surface area contributed by atoms with Gasteiger partial charge in [0.25, 0.3) is 0 Å². The number of nitrogens with zero attached hydrogens (tertiary/aromatic N) is 2. The molecule has 1 aliphatic heterocycles. The molecule has 1 fully saturated rings. The van der Waals surface area contributed by atoms with E-state index >= 15 is 0 Å². The molecule has 2 aromatic rings. The summed E-state index contributed by atoms with van der Waals surface area (Å²) in [4.78, 5) is 17.7. The molecule has 0 saturated carbocycles. The molecule has 4 nitrogen and oxygen atoms in total. The van der Waals surface area contributed by atoms with Crippen LogP contribution in [0.1, 0.15) is 4.88 Å². The molecule has 2 heterocycles. The van der Waals surface area contributed by atoms with Crippen molar-refractivity contribution in [1.82, 2.24) is 10.2 Å². The second kappa shape index (κ2) is 7.81. The molecule has 0 aliphatic carbocycles. The van der Waals surface area contributed by atoms with Gasteiger partial charge in [0.2, 0.25) is 5.91 Å². The highest BCUT2D eigenvalue weighted by Crippen LogP contribution is 2.25. The Morgan fingerprint density at radius 3 is 2.61 bits per heavy atom. The minimum atomic E-state index is 0.0876. The maximum Gasteiger partial charge on any atom is 0.234 e. The molecule has 0 unspecified atom stereocenters. The van der Waals surface area contributed by atoms with Crippen molar-refractivity contribution in [2.45, 2.75) is 6.54 Å². The van der Waals surface area contributed by atoms with Crippen LogP contribution in [0.15, 0.2) is 41.8 Å². The second-order valence-electron chi connectivity index (χ2n) is 5.57. The molecule has 0 spiro atoms. The van der Waals surface area contributed by atoms with E-state index in [-0.39, 0.29) is 5.91 Å². The summed E-state index contributed by atoms with van der Waals surface area (Å²) in [6, 6.07) is 12.0. The van der Waals surface area contributed by atoms with E-state index in [2.05, 4.69) is 15.1 Å². The SMILES string of the molecule is O=C(CN1CCN(c2ccccc2Cl)CC1)NCc1cccs1. The minimum absolute atomic E-state index is 0.0876. The highest BCUT2D eigenvalue weighted by atomic mass is 35.5. The molecule has 0 radical (unpaired) electrons. The van der Waals surface area contributed by atoms with Crippen LogP contribution in [-0.4, -0.2) is 43.5 Å². The molecular weight excluding hydrogens is 330 g/mol. The first-order valence-electron chi connectivity index (χ1n) is 7.73. The van der Waals surface area contributed by atoms with Gasteiger partial charge in [-0.05, 0) is 23.6 Å². The van der Waals surface area contributed by atoms with Gasteiger partial charge >= 0.3 is 0 Å². The van der Waals surface area contributed by atoms with Crippen molar-refractivity contribution in [1.29, 1.82) is 0 Å². The second-order valence-corrected chi connectivity index (χ2v) is 7.01. The van der Waals surface area contributed by atoms with Crippen LogP contribution in [-0.2, 0) is 11.3 Å². The lowest BCUT2D eigenvalue weighted by atomic mass is 10.2. The zero-order valence-electron chi connectivity index (χ0n) is 12.9. The van der Waals surface area contributed by atoms with Crippen molar-refractivity contribution < 1.29 is 4.79 Å². The molecule has 1 N–H and O–H groups in total. The summed E-state index contributed by atoms with van der Waals surface area (Å²) in [6.45, 7) is 4.61. The molecule has 1 aromatic heterocycles. The van der Waals surface area contributed by atoms with Gasteiger partial charge in [0.05, 0.1) is 23.8 Å². The van der Waals surface area contributed by atoms with Gasteiger partial charge in [-0.15, -0.1) is 11.3 Å². The number of carbonyl (C=O) groups excluding carboxylic acids is 1. The number of carbonyl (C=O) groups is 1. The summed E-state index contributed by atoms with van der Waals surface area (Å²) in [5.74, 6) is 0.0876. The van der Waals surface area contributed by atoms with E-state index < -0.39 is 0 Å². The molecule has 1 saturated heterocycles. The summed E-state index contributed by atoms with van der Waals surface area (Å²) < 4.78 is 0. The monoisotopic (exact) mass is 349 g/mol. The standard InChI is InChI=1S/C17H20ClN3OS/c18-15-5-1-2-6-16(15)21-9-7-20(8-10-21)13-17(22)19-12-14-4-3-11-23-14/h1-6,11H,7-10,12-13H2,(H,19,22). The topological polar surface area (TPSA) is 35.6 Å². The average molecular weight is 350 g/mol. The lowest BCUT2D eigenvalue weighted by Crippen LogP contribution is -2.49. The molecule has 23 heavy (non-hydrogen) atoms. The van der Waals surface area contributed by atoms with E-state index in [1.165, 1.54) is 4.88 Å². The first-order chi connectivity index (χ1) is 11.2. The number of amides is 1. The molecular formula is C17H20ClN3OS. The molecule has 1 aromatic carbocycles. The van der Waals surface area contributed by atoms with Gasteiger partial charge in [-0.3, -0.25) is 9.69 Å². The molecule has 122 valence electrons. The zero-order valence-corrected chi connectivity index (χ0v) is 14.4. The van der Waals surface area contributed by atoms with Crippen LogP contribution in [0.25, 0.3) is 0 Å². The van der Waals surface area contributed by atoms with Gasteiger partial charge in [0, 0.05) is 31.1 Å². The first kappa shape index (κ1) is 16.3. The number of hydrogen-bond acceptors (Lipinski definition) is 4. The number of anilines is 1. The Kier molecular flexibility index (Phi) is 5.54. The smallest absolute Gasteiger partial charge is 0.234 e. The molecule has 1 amide bonds. The first-order valence-corrected chi connectivity index (χ1v) is 8.99. The Hall–Kier alpha value is -1.56. The average Bonchev–Trinajstić information content (AvgIpc) is 3.08. The third-order valence-electron chi connectivity index (χ3n) is 3.97. The molecule has 1 aliphatic rings. The van der Waals surface area contributed by atoms with Gasteiger partial charge in [0.1, 0.15) is 0 Å². The lowest BCUT2D eigenvalue weighted by molar-refractivity contribution is -0.122. The van der Waals surface area contributed by atoms with Gasteiger partial charge in [0.15, 0.2) is 0 Å². The highest BCUT2D eigenvalue weighted by Gasteiger charge is 2.20. The number of halogens is 1. The normalized spacial score (nSPS) is 15.6. The third-order valence-corrected chi connectivity index (χ3v) is 5.17. The van der Waals surface area contributed by atoms with E-state index in [9.17, 15) is 4.79 Å². The number of piperazine rings is 1. The number of nitrogens with one attached hydrogen (secondary N) is 1. The number of benzene rings is 1. The molecule has 3 rings (SSSR count). The minimum Gasteiger partial charge on any atom is -0.368 e. The van der Waals surface area contributed by atoms with Crippen molar-refractivity contribution in [3.8, 4) is 0 Å². The zero-order chi connectivity index (χ0) is 16.1. The highest BCUT2D eigenvalue weighted by molar-refractivity contribution is 7.09. The fourth-order valence-corrected chi connectivity index (χ4v) is 3.61. The Morgan fingerprint density at radius 1 is 1.13 bits per heavy atom. The molecule has 0 bridgehead atoms. The number of hydrogen-bond donors (Lipinski definition) is 1.